The van der Waals surface area contributed by atoms with E-state index >= 15 is 0 Å². The lowest BCUT2D eigenvalue weighted by molar-refractivity contribution is -0.154. The number of ketones is 1. The zero-order valence-electron chi connectivity index (χ0n) is 30.2. The number of hydrogen-bond acceptors (Lipinski definition) is 7. The number of nitrogens with one attached hydrogen (secondary N) is 5. The SMILES string of the molecule is CCC[C@H](NC(=O)C1CC[C@@H]2CCCC[C@@H]2N1C(=O)[C@@H](NC(=O)CNC(=O)c1[nH]c(C)c(C(C)O)c1C)C(C)(C)C)C(=O)C(=O)NC1CC1. The highest BCUT2D eigenvalue weighted by atomic mass is 16.3. The number of aliphatic hydroxyl groups excluding tert-OH is 1. The normalized spacial score (nSPS) is 22.6. The monoisotopic (exact) mass is 684 g/mol. The number of fused-ring (bicyclic) bond motifs is 1. The van der Waals surface area contributed by atoms with E-state index in [0.29, 0.717) is 36.1 Å². The van der Waals surface area contributed by atoms with Gasteiger partial charge in [-0.15, -0.1) is 0 Å². The maximum absolute atomic E-state index is 14.6. The first-order chi connectivity index (χ1) is 23.0. The molecule has 1 aromatic rings. The van der Waals surface area contributed by atoms with E-state index in [-0.39, 0.29) is 36.1 Å². The zero-order valence-corrected chi connectivity index (χ0v) is 30.2. The average Bonchev–Trinajstić information content (AvgIpc) is 3.80. The van der Waals surface area contributed by atoms with Crippen LogP contribution in [-0.2, 0) is 24.0 Å². The maximum atomic E-state index is 14.6. The molecular weight excluding hydrogens is 628 g/mol. The second kappa shape index (κ2) is 15.9. The second-order valence-corrected chi connectivity index (χ2v) is 15.3. The molecule has 0 aromatic carbocycles. The number of aromatic amines is 1. The molecule has 5 amide bonds. The van der Waals surface area contributed by atoms with Gasteiger partial charge in [0.2, 0.25) is 23.5 Å². The van der Waals surface area contributed by atoms with Crippen molar-refractivity contribution in [2.24, 2.45) is 11.3 Å². The van der Waals surface area contributed by atoms with Gasteiger partial charge < -0.3 is 36.3 Å². The molecule has 2 unspecified atom stereocenters. The van der Waals surface area contributed by atoms with Crippen LogP contribution in [0.1, 0.15) is 132 Å². The quantitative estimate of drug-likeness (QED) is 0.172. The van der Waals surface area contributed by atoms with Crippen LogP contribution in [0.4, 0.5) is 0 Å². The van der Waals surface area contributed by atoms with Crippen LogP contribution in [0.2, 0.25) is 0 Å². The lowest BCUT2D eigenvalue weighted by Crippen LogP contribution is -2.66. The highest BCUT2D eigenvalue weighted by Crippen LogP contribution is 2.39. The van der Waals surface area contributed by atoms with Gasteiger partial charge in [-0.05, 0) is 82.6 Å². The van der Waals surface area contributed by atoms with Crippen molar-refractivity contribution in [3.63, 3.8) is 0 Å². The Labute approximate surface area is 289 Å². The van der Waals surface area contributed by atoms with E-state index in [1.807, 2.05) is 27.7 Å². The van der Waals surface area contributed by atoms with Gasteiger partial charge in [-0.2, -0.15) is 0 Å². The van der Waals surface area contributed by atoms with Crippen molar-refractivity contribution < 1.29 is 33.9 Å². The van der Waals surface area contributed by atoms with Gasteiger partial charge in [0.15, 0.2) is 0 Å². The van der Waals surface area contributed by atoms with Gasteiger partial charge in [0.1, 0.15) is 17.8 Å². The third-order valence-corrected chi connectivity index (χ3v) is 10.2. The number of Topliss-reactive ketones (excluding diaryl/α,β-unsaturated/α-hetero) is 1. The summed E-state index contributed by atoms with van der Waals surface area (Å²) < 4.78 is 0. The van der Waals surface area contributed by atoms with Gasteiger partial charge in [-0.25, -0.2) is 0 Å². The summed E-state index contributed by atoms with van der Waals surface area (Å²) in [6.07, 6.45) is 6.55. The first-order valence-electron chi connectivity index (χ1n) is 18.0. The lowest BCUT2D eigenvalue weighted by atomic mass is 9.75. The van der Waals surface area contributed by atoms with Crippen LogP contribution in [0.25, 0.3) is 0 Å². The summed E-state index contributed by atoms with van der Waals surface area (Å²) in [6.45, 7) is 12.1. The van der Waals surface area contributed by atoms with Crippen LogP contribution in [0, 0.1) is 25.2 Å². The number of H-pyrrole nitrogens is 1. The van der Waals surface area contributed by atoms with E-state index in [4.69, 9.17) is 0 Å². The van der Waals surface area contributed by atoms with Crippen LogP contribution in [0.15, 0.2) is 0 Å². The molecule has 49 heavy (non-hydrogen) atoms. The number of likely N-dealkylation sites (tertiary alicyclic amines) is 1. The van der Waals surface area contributed by atoms with Crippen molar-refractivity contribution in [3.8, 4) is 0 Å². The Morgan fingerprint density at radius 2 is 1.63 bits per heavy atom. The number of rotatable bonds is 13. The molecule has 0 radical (unpaired) electrons. The molecule has 272 valence electrons. The number of aryl methyl sites for hydroxylation is 1. The topological polar surface area (TPSA) is 190 Å². The molecule has 3 fully saturated rings. The third kappa shape index (κ3) is 9.09. The van der Waals surface area contributed by atoms with Crippen LogP contribution < -0.4 is 21.3 Å². The molecule has 2 aliphatic carbocycles. The molecule has 2 heterocycles. The smallest absolute Gasteiger partial charge is 0.289 e. The number of nitrogens with zero attached hydrogens (tertiary/aromatic N) is 1. The molecule has 6 N–H and O–H groups in total. The predicted molar refractivity (Wildman–Crippen MR) is 183 cm³/mol. The highest BCUT2D eigenvalue weighted by molar-refractivity contribution is 6.38. The number of hydrogen-bond donors (Lipinski definition) is 6. The van der Waals surface area contributed by atoms with E-state index in [1.54, 1.807) is 25.7 Å². The Bertz CT molecular complexity index is 1430. The molecule has 13 heteroatoms. The van der Waals surface area contributed by atoms with Crippen LogP contribution in [0.5, 0.6) is 0 Å². The van der Waals surface area contributed by atoms with Gasteiger partial charge in [-0.3, -0.25) is 28.8 Å². The van der Waals surface area contributed by atoms with Gasteiger partial charge in [0, 0.05) is 23.3 Å². The molecular formula is C36H56N6O7. The summed E-state index contributed by atoms with van der Waals surface area (Å²) in [6, 6.07) is -3.07. The first kappa shape index (κ1) is 38.1. The molecule has 2 saturated carbocycles. The minimum absolute atomic E-state index is 0.00621. The first-order valence-corrected chi connectivity index (χ1v) is 18.0. The lowest BCUT2D eigenvalue weighted by Gasteiger charge is -2.50. The fourth-order valence-corrected chi connectivity index (χ4v) is 7.55. The van der Waals surface area contributed by atoms with E-state index < -0.39 is 59.1 Å². The Balaban J connectivity index is 1.52. The summed E-state index contributed by atoms with van der Waals surface area (Å²) >= 11 is 0. The van der Waals surface area contributed by atoms with E-state index in [0.717, 1.165) is 44.9 Å². The molecule has 1 aromatic heterocycles. The van der Waals surface area contributed by atoms with Gasteiger partial charge in [0.25, 0.3) is 11.8 Å². The number of carbonyl (C=O) groups is 6. The minimum atomic E-state index is -1.01. The van der Waals surface area contributed by atoms with Gasteiger partial charge in [-0.1, -0.05) is 47.0 Å². The fourth-order valence-electron chi connectivity index (χ4n) is 7.55. The third-order valence-electron chi connectivity index (χ3n) is 10.2. The summed E-state index contributed by atoms with van der Waals surface area (Å²) in [5, 5.41) is 21.1. The zero-order chi connectivity index (χ0) is 36.2. The van der Waals surface area contributed by atoms with Crippen LogP contribution in [-0.4, -0.2) is 87.1 Å². The van der Waals surface area contributed by atoms with Crippen LogP contribution in [0.3, 0.4) is 0 Å². The van der Waals surface area contributed by atoms with Crippen molar-refractivity contribution in [1.82, 2.24) is 31.2 Å². The van der Waals surface area contributed by atoms with Crippen molar-refractivity contribution in [2.75, 3.05) is 6.54 Å². The standard InChI is InChI=1S/C36H56N6O7/c1-8-11-24(30(45)34(48)39-23-15-16-23)40-32(46)26-17-14-22-12-9-10-13-25(22)42(26)35(49)31(36(5,6)7)41-27(44)18-37-33(47)29-19(2)28(21(4)43)20(3)38-29/h21-26,31,38,43H,8-18H2,1-7H3,(H,37,47)(H,39,48)(H,40,46)(H,41,44)/t21?,22-,24-,25-,26?,31+/m0/s1. The minimum Gasteiger partial charge on any atom is -0.389 e. The average molecular weight is 685 g/mol. The molecule has 13 nitrogen and oxygen atoms in total. The highest BCUT2D eigenvalue weighted by Gasteiger charge is 2.48. The predicted octanol–water partition coefficient (Wildman–Crippen LogP) is 2.63. The Hall–Kier alpha value is -3.74. The van der Waals surface area contributed by atoms with Crippen molar-refractivity contribution >= 4 is 35.3 Å². The number of aliphatic hydroxyl groups is 1. The molecule has 6 atom stereocenters. The number of aromatic nitrogens is 1. The molecule has 0 spiro atoms. The van der Waals surface area contributed by atoms with Gasteiger partial charge >= 0.3 is 0 Å². The summed E-state index contributed by atoms with van der Waals surface area (Å²) in [4.78, 5) is 85.3. The number of carbonyl (C=O) groups excluding carboxylic acids is 6. The van der Waals surface area contributed by atoms with E-state index in [9.17, 15) is 33.9 Å². The number of amides is 5. The maximum Gasteiger partial charge on any atom is 0.289 e. The Kier molecular flexibility index (Phi) is 12.3. The van der Waals surface area contributed by atoms with Crippen molar-refractivity contribution in [3.05, 3.63) is 22.5 Å². The van der Waals surface area contributed by atoms with Crippen molar-refractivity contribution in [1.29, 1.82) is 0 Å². The molecule has 1 saturated heterocycles. The molecule has 1 aliphatic heterocycles. The second-order valence-electron chi connectivity index (χ2n) is 15.3. The Morgan fingerprint density at radius 3 is 2.22 bits per heavy atom. The Morgan fingerprint density at radius 1 is 0.959 bits per heavy atom. The summed E-state index contributed by atoms with van der Waals surface area (Å²) in [5.74, 6) is -3.09. The fraction of sp³-hybridized carbons (Fsp3) is 0.722. The largest absolute Gasteiger partial charge is 0.389 e. The molecule has 3 aliphatic rings. The summed E-state index contributed by atoms with van der Waals surface area (Å²) in [5.41, 5.74) is 1.38. The van der Waals surface area contributed by atoms with E-state index in [2.05, 4.69) is 26.3 Å². The van der Waals surface area contributed by atoms with E-state index in [1.165, 1.54) is 0 Å². The van der Waals surface area contributed by atoms with Gasteiger partial charge in [0.05, 0.1) is 18.7 Å². The summed E-state index contributed by atoms with van der Waals surface area (Å²) in [7, 11) is 0. The number of piperidine rings is 1. The van der Waals surface area contributed by atoms with Crippen molar-refractivity contribution in [2.45, 2.75) is 149 Å². The van der Waals surface area contributed by atoms with Crippen LogP contribution >= 0.6 is 0 Å². The molecule has 0 bridgehead atoms. The molecule has 4 rings (SSSR count).